The molecule has 1 amide bonds. The fourth-order valence-electron chi connectivity index (χ4n) is 2.91. The molecule has 1 saturated heterocycles. The maximum atomic E-state index is 12.5. The van der Waals surface area contributed by atoms with Crippen LogP contribution in [-0.4, -0.2) is 30.4 Å². The highest BCUT2D eigenvalue weighted by molar-refractivity contribution is 7.10. The highest BCUT2D eigenvalue weighted by Crippen LogP contribution is 2.26. The van der Waals surface area contributed by atoms with E-state index in [4.69, 9.17) is 0 Å². The molecule has 1 aromatic carbocycles. The molecule has 0 atom stereocenters. The number of aryl methyl sites for hydroxylation is 1. The van der Waals surface area contributed by atoms with Gasteiger partial charge in [0.25, 0.3) is 5.91 Å². The summed E-state index contributed by atoms with van der Waals surface area (Å²) in [5.41, 5.74) is 3.41. The van der Waals surface area contributed by atoms with Crippen LogP contribution in [0.1, 0.15) is 35.3 Å². The minimum Gasteiger partial charge on any atom is -0.378 e. The highest BCUT2D eigenvalue weighted by atomic mass is 32.1. The molecular weight excluding hydrogens is 308 g/mol. The summed E-state index contributed by atoms with van der Waals surface area (Å²) < 4.78 is 4.24. The minimum atomic E-state index is -0.119. The number of nitrogens with zero attached hydrogens (tertiary/aromatic N) is 2. The van der Waals surface area contributed by atoms with Gasteiger partial charge >= 0.3 is 0 Å². The van der Waals surface area contributed by atoms with Crippen molar-refractivity contribution in [1.29, 1.82) is 0 Å². The molecule has 6 heteroatoms. The second-order valence-electron chi connectivity index (χ2n) is 5.77. The molecule has 0 aliphatic carbocycles. The van der Waals surface area contributed by atoms with Gasteiger partial charge in [0.2, 0.25) is 0 Å². The van der Waals surface area contributed by atoms with Gasteiger partial charge in [-0.1, -0.05) is 0 Å². The topological polar surface area (TPSA) is 57.3 Å². The summed E-state index contributed by atoms with van der Waals surface area (Å²) in [6, 6.07) is 8.10. The van der Waals surface area contributed by atoms with Crippen LogP contribution in [-0.2, 0) is 0 Å². The van der Waals surface area contributed by atoms with Crippen LogP contribution in [0.5, 0.6) is 0 Å². The number of amides is 1. The van der Waals surface area contributed by atoms with Crippen LogP contribution in [0.15, 0.2) is 24.3 Å². The summed E-state index contributed by atoms with van der Waals surface area (Å²) in [5, 5.41) is 6.78. The van der Waals surface area contributed by atoms with E-state index in [1.54, 1.807) is 7.05 Å². The molecule has 23 heavy (non-hydrogen) atoms. The van der Waals surface area contributed by atoms with Gasteiger partial charge < -0.3 is 15.5 Å². The van der Waals surface area contributed by atoms with Crippen LogP contribution in [0.2, 0.25) is 0 Å². The van der Waals surface area contributed by atoms with Gasteiger partial charge in [-0.25, -0.2) is 0 Å². The molecule has 3 rings (SSSR count). The minimum absolute atomic E-state index is 0.119. The van der Waals surface area contributed by atoms with Crippen LogP contribution in [0.4, 0.5) is 16.4 Å². The number of carbonyl (C=O) groups excluding carboxylic acids is 1. The summed E-state index contributed by atoms with van der Waals surface area (Å²) in [6.45, 7) is 4.10. The Morgan fingerprint density at radius 2 is 1.87 bits per heavy atom. The zero-order chi connectivity index (χ0) is 16.2. The van der Waals surface area contributed by atoms with Gasteiger partial charge in [-0.2, -0.15) is 4.37 Å². The van der Waals surface area contributed by atoms with Crippen LogP contribution in [0.25, 0.3) is 0 Å². The fourth-order valence-corrected chi connectivity index (χ4v) is 3.65. The Balaban J connectivity index is 1.70. The van der Waals surface area contributed by atoms with Crippen molar-refractivity contribution in [2.24, 2.45) is 0 Å². The van der Waals surface area contributed by atoms with Gasteiger partial charge in [0.1, 0.15) is 5.00 Å². The predicted molar refractivity (Wildman–Crippen MR) is 96.9 cm³/mol. The first-order valence-corrected chi connectivity index (χ1v) is 8.77. The van der Waals surface area contributed by atoms with Gasteiger partial charge in [-0.15, -0.1) is 0 Å². The lowest BCUT2D eigenvalue weighted by atomic mass is 10.1. The summed E-state index contributed by atoms with van der Waals surface area (Å²) in [7, 11) is 1.80. The van der Waals surface area contributed by atoms with E-state index in [-0.39, 0.29) is 5.91 Å². The van der Waals surface area contributed by atoms with Crippen LogP contribution in [0.3, 0.4) is 0 Å². The lowest BCUT2D eigenvalue weighted by molar-refractivity contribution is 0.102. The first-order chi connectivity index (χ1) is 11.2. The van der Waals surface area contributed by atoms with Gasteiger partial charge in [-0.05, 0) is 62.0 Å². The highest BCUT2D eigenvalue weighted by Gasteiger charge is 2.18. The number of hydrogen-bond acceptors (Lipinski definition) is 5. The molecule has 1 aliphatic heterocycles. The van der Waals surface area contributed by atoms with E-state index in [1.165, 1.54) is 36.5 Å². The monoisotopic (exact) mass is 330 g/mol. The standard InChI is InChI=1S/C17H22N4OS/c1-12-15(17(18-2)23-20-12)16(22)19-13-6-8-14(9-7-13)21-10-4-3-5-11-21/h6-9,18H,3-5,10-11H2,1-2H3,(H,19,22). The summed E-state index contributed by atoms with van der Waals surface area (Å²) in [6.07, 6.45) is 3.85. The maximum absolute atomic E-state index is 12.5. The third-order valence-corrected chi connectivity index (χ3v) is 5.12. The zero-order valence-electron chi connectivity index (χ0n) is 13.6. The molecule has 0 bridgehead atoms. The summed E-state index contributed by atoms with van der Waals surface area (Å²) in [5.74, 6) is -0.119. The number of rotatable bonds is 4. The number of nitrogens with one attached hydrogen (secondary N) is 2. The predicted octanol–water partition coefficient (Wildman–Crippen LogP) is 3.74. The summed E-state index contributed by atoms with van der Waals surface area (Å²) in [4.78, 5) is 14.9. The summed E-state index contributed by atoms with van der Waals surface area (Å²) >= 11 is 1.31. The van der Waals surface area contributed by atoms with Crippen molar-refractivity contribution in [2.75, 3.05) is 35.7 Å². The Morgan fingerprint density at radius 3 is 2.52 bits per heavy atom. The van der Waals surface area contributed by atoms with Crippen molar-refractivity contribution in [3.8, 4) is 0 Å². The van der Waals surface area contributed by atoms with Crippen molar-refractivity contribution in [1.82, 2.24) is 4.37 Å². The molecular formula is C17H22N4OS. The molecule has 2 aromatic rings. The zero-order valence-corrected chi connectivity index (χ0v) is 14.4. The van der Waals surface area contributed by atoms with E-state index in [0.717, 1.165) is 29.5 Å². The average molecular weight is 330 g/mol. The quantitative estimate of drug-likeness (QED) is 0.897. The number of carbonyl (C=O) groups is 1. The third-order valence-electron chi connectivity index (χ3n) is 4.16. The van der Waals surface area contributed by atoms with Crippen molar-refractivity contribution in [3.05, 3.63) is 35.5 Å². The maximum Gasteiger partial charge on any atom is 0.260 e. The largest absolute Gasteiger partial charge is 0.378 e. The van der Waals surface area contributed by atoms with Gasteiger partial charge in [0, 0.05) is 31.5 Å². The number of piperidine rings is 1. The first kappa shape index (κ1) is 15.8. The molecule has 1 aliphatic rings. The van der Waals surface area contributed by atoms with Crippen molar-refractivity contribution >= 4 is 33.8 Å². The molecule has 1 fully saturated rings. The number of benzene rings is 1. The number of anilines is 3. The normalized spacial score (nSPS) is 14.6. The molecule has 0 unspecified atom stereocenters. The molecule has 2 N–H and O–H groups in total. The van der Waals surface area contributed by atoms with Crippen LogP contribution < -0.4 is 15.5 Å². The van der Waals surface area contributed by atoms with Gasteiger partial charge in [-0.3, -0.25) is 4.79 Å². The average Bonchev–Trinajstić information content (AvgIpc) is 2.97. The second kappa shape index (κ2) is 7.00. The molecule has 122 valence electrons. The SMILES string of the molecule is CNc1snc(C)c1C(=O)Nc1ccc(N2CCCCC2)cc1. The van der Waals surface area contributed by atoms with Crippen LogP contribution in [0, 0.1) is 6.92 Å². The second-order valence-corrected chi connectivity index (χ2v) is 6.54. The van der Waals surface area contributed by atoms with E-state index in [0.29, 0.717) is 5.56 Å². The van der Waals surface area contributed by atoms with Crippen LogP contribution >= 0.6 is 11.5 Å². The van der Waals surface area contributed by atoms with E-state index < -0.39 is 0 Å². The Bertz CT molecular complexity index is 674. The van der Waals surface area contributed by atoms with Crippen molar-refractivity contribution < 1.29 is 4.79 Å². The molecule has 0 spiro atoms. The fraction of sp³-hybridized carbons (Fsp3) is 0.412. The Labute approximate surface area is 140 Å². The molecule has 1 aromatic heterocycles. The smallest absolute Gasteiger partial charge is 0.260 e. The van der Waals surface area contributed by atoms with Crippen molar-refractivity contribution in [3.63, 3.8) is 0 Å². The van der Waals surface area contributed by atoms with E-state index in [9.17, 15) is 4.79 Å². The lowest BCUT2D eigenvalue weighted by Gasteiger charge is -2.28. The van der Waals surface area contributed by atoms with Gasteiger partial charge in [0.15, 0.2) is 0 Å². The number of hydrogen-bond donors (Lipinski definition) is 2. The lowest BCUT2D eigenvalue weighted by Crippen LogP contribution is -2.29. The molecule has 0 radical (unpaired) electrons. The Hall–Kier alpha value is -2.08. The Morgan fingerprint density at radius 1 is 1.17 bits per heavy atom. The Kier molecular flexibility index (Phi) is 4.81. The van der Waals surface area contributed by atoms with E-state index in [1.807, 2.05) is 19.1 Å². The first-order valence-electron chi connectivity index (χ1n) is 7.99. The molecule has 5 nitrogen and oxygen atoms in total. The third kappa shape index (κ3) is 3.47. The van der Waals surface area contributed by atoms with Crippen molar-refractivity contribution in [2.45, 2.75) is 26.2 Å². The number of aromatic nitrogens is 1. The molecule has 2 heterocycles. The molecule has 0 saturated carbocycles. The van der Waals surface area contributed by atoms with E-state index >= 15 is 0 Å². The van der Waals surface area contributed by atoms with Gasteiger partial charge in [0.05, 0.1) is 11.3 Å². The van der Waals surface area contributed by atoms with E-state index in [2.05, 4.69) is 32.0 Å².